The maximum atomic E-state index is 11.5. The summed E-state index contributed by atoms with van der Waals surface area (Å²) in [6.45, 7) is 3.63. The first-order valence-electron chi connectivity index (χ1n) is 5.41. The van der Waals surface area contributed by atoms with Crippen molar-refractivity contribution < 1.29 is 9.59 Å². The minimum atomic E-state index is -0.178. The highest BCUT2D eigenvalue weighted by Gasteiger charge is 2.07. The first-order valence-corrected chi connectivity index (χ1v) is 5.41. The lowest BCUT2D eigenvalue weighted by atomic mass is 10.2. The Balaban J connectivity index is 0.00000289. The number of carbonyl (C=O) groups excluding carboxylic acids is 2. The molecule has 0 saturated carbocycles. The smallest absolute Gasteiger partial charge is 0.225 e. The van der Waals surface area contributed by atoms with E-state index in [1.165, 1.54) is 6.92 Å². The molecular weight excluding hydrogens is 254 g/mol. The molecule has 0 aliphatic carbocycles. The number of nitrogens with one attached hydrogen (secondary N) is 2. The van der Waals surface area contributed by atoms with Crippen molar-refractivity contribution in [2.45, 2.75) is 20.3 Å². The molecule has 4 N–H and O–H groups in total. The van der Waals surface area contributed by atoms with Gasteiger partial charge in [0.2, 0.25) is 11.8 Å². The number of aryl methyl sites for hydroxylation is 1. The number of anilines is 2. The fourth-order valence-electron chi connectivity index (χ4n) is 1.40. The molecule has 2 amide bonds. The van der Waals surface area contributed by atoms with Gasteiger partial charge in [0, 0.05) is 19.9 Å². The Hall–Kier alpha value is -1.59. The van der Waals surface area contributed by atoms with E-state index in [4.69, 9.17) is 5.73 Å². The average molecular weight is 272 g/mol. The molecule has 0 fully saturated rings. The van der Waals surface area contributed by atoms with Crippen molar-refractivity contribution in [2.24, 2.45) is 5.73 Å². The molecule has 100 valence electrons. The number of nitrogens with two attached hydrogens (primary N) is 1. The maximum absolute atomic E-state index is 11.5. The Morgan fingerprint density at radius 3 is 2.44 bits per heavy atom. The molecule has 0 bridgehead atoms. The molecule has 0 heterocycles. The van der Waals surface area contributed by atoms with Crippen molar-refractivity contribution in [2.75, 3.05) is 17.2 Å². The minimum Gasteiger partial charge on any atom is -0.330 e. The third-order valence-corrected chi connectivity index (χ3v) is 2.13. The molecule has 0 aliphatic rings. The van der Waals surface area contributed by atoms with Crippen LogP contribution >= 0.6 is 12.4 Å². The van der Waals surface area contributed by atoms with Crippen molar-refractivity contribution in [3.05, 3.63) is 23.8 Å². The van der Waals surface area contributed by atoms with E-state index in [2.05, 4.69) is 10.6 Å². The fourth-order valence-corrected chi connectivity index (χ4v) is 1.40. The Morgan fingerprint density at radius 1 is 1.22 bits per heavy atom. The van der Waals surface area contributed by atoms with Gasteiger partial charge in [-0.25, -0.2) is 0 Å². The summed E-state index contributed by atoms with van der Waals surface area (Å²) in [5.74, 6) is -0.340. The van der Waals surface area contributed by atoms with Crippen LogP contribution in [0.25, 0.3) is 0 Å². The van der Waals surface area contributed by atoms with E-state index >= 15 is 0 Å². The van der Waals surface area contributed by atoms with Crippen LogP contribution in [0.15, 0.2) is 18.2 Å². The van der Waals surface area contributed by atoms with Crippen LogP contribution in [0.1, 0.15) is 18.9 Å². The van der Waals surface area contributed by atoms with E-state index < -0.39 is 0 Å². The van der Waals surface area contributed by atoms with Crippen LogP contribution in [0.2, 0.25) is 0 Å². The lowest BCUT2D eigenvalue weighted by Gasteiger charge is -2.12. The van der Waals surface area contributed by atoms with Gasteiger partial charge in [-0.15, -0.1) is 12.4 Å². The normalized spacial score (nSPS) is 9.28. The molecule has 6 heteroatoms. The largest absolute Gasteiger partial charge is 0.330 e. The predicted molar refractivity (Wildman–Crippen MR) is 75.0 cm³/mol. The van der Waals surface area contributed by atoms with E-state index in [-0.39, 0.29) is 30.6 Å². The predicted octanol–water partition coefficient (Wildman–Crippen LogP) is 1.66. The number of benzene rings is 1. The van der Waals surface area contributed by atoms with Crippen LogP contribution in [0.5, 0.6) is 0 Å². The minimum absolute atomic E-state index is 0. The molecule has 5 nitrogen and oxygen atoms in total. The molecule has 0 spiro atoms. The van der Waals surface area contributed by atoms with Crippen molar-refractivity contribution in [3.8, 4) is 0 Å². The molecule has 0 unspecified atom stereocenters. The number of carbonyl (C=O) groups is 2. The van der Waals surface area contributed by atoms with Crippen molar-refractivity contribution in [3.63, 3.8) is 0 Å². The van der Waals surface area contributed by atoms with Gasteiger partial charge >= 0.3 is 0 Å². The second kappa shape index (κ2) is 7.68. The number of hydrogen-bond acceptors (Lipinski definition) is 3. The molecule has 18 heavy (non-hydrogen) atoms. The summed E-state index contributed by atoms with van der Waals surface area (Å²) in [6.07, 6.45) is 0.257. The van der Waals surface area contributed by atoms with Gasteiger partial charge in [-0.1, -0.05) is 6.07 Å². The molecular formula is C12H18ClN3O2. The first-order chi connectivity index (χ1) is 8.02. The van der Waals surface area contributed by atoms with Gasteiger partial charge in [0.1, 0.15) is 0 Å². The second-order valence-electron chi connectivity index (χ2n) is 3.82. The number of rotatable bonds is 4. The highest BCUT2D eigenvalue weighted by molar-refractivity contribution is 5.99. The van der Waals surface area contributed by atoms with Gasteiger partial charge < -0.3 is 16.4 Å². The fraction of sp³-hybridized carbons (Fsp3) is 0.333. The van der Waals surface area contributed by atoms with E-state index in [0.717, 1.165) is 5.56 Å². The zero-order chi connectivity index (χ0) is 12.8. The van der Waals surface area contributed by atoms with Gasteiger partial charge in [0.25, 0.3) is 0 Å². The monoisotopic (exact) mass is 271 g/mol. The molecule has 1 rings (SSSR count). The second-order valence-corrected chi connectivity index (χ2v) is 3.82. The van der Waals surface area contributed by atoms with E-state index in [1.54, 1.807) is 12.1 Å². The Labute approximate surface area is 113 Å². The number of amides is 2. The summed E-state index contributed by atoms with van der Waals surface area (Å²) >= 11 is 0. The molecule has 0 aromatic heterocycles. The van der Waals surface area contributed by atoms with Crippen LogP contribution < -0.4 is 16.4 Å². The van der Waals surface area contributed by atoms with Gasteiger partial charge in [-0.05, 0) is 24.6 Å². The standard InChI is InChI=1S/C12H17N3O2.ClH/c1-8-3-4-10(14-9(2)16)11(7-8)15-12(17)5-6-13;/h3-4,7H,5-6,13H2,1-2H3,(H,14,16)(H,15,17);1H. The lowest BCUT2D eigenvalue weighted by Crippen LogP contribution is -2.18. The molecule has 0 atom stereocenters. The zero-order valence-electron chi connectivity index (χ0n) is 10.4. The third-order valence-electron chi connectivity index (χ3n) is 2.13. The van der Waals surface area contributed by atoms with Crippen LogP contribution in [-0.4, -0.2) is 18.4 Å². The molecule has 1 aromatic rings. The summed E-state index contributed by atoms with van der Waals surface area (Å²) < 4.78 is 0. The van der Waals surface area contributed by atoms with Crippen molar-refractivity contribution in [1.29, 1.82) is 0 Å². The van der Waals surface area contributed by atoms with Gasteiger partial charge in [0.15, 0.2) is 0 Å². The lowest BCUT2D eigenvalue weighted by molar-refractivity contribution is -0.116. The summed E-state index contributed by atoms with van der Waals surface area (Å²) in [5.41, 5.74) is 7.49. The average Bonchev–Trinajstić information content (AvgIpc) is 2.22. The Kier molecular flexibility index (Phi) is 7.00. The highest BCUT2D eigenvalue weighted by Crippen LogP contribution is 2.23. The summed E-state index contributed by atoms with van der Waals surface area (Å²) in [7, 11) is 0. The van der Waals surface area contributed by atoms with Gasteiger partial charge in [-0.3, -0.25) is 9.59 Å². The van der Waals surface area contributed by atoms with Crippen LogP contribution in [0, 0.1) is 6.92 Å². The quantitative estimate of drug-likeness (QED) is 0.779. The molecule has 0 aliphatic heterocycles. The first kappa shape index (κ1) is 16.4. The zero-order valence-corrected chi connectivity index (χ0v) is 11.3. The SMILES string of the molecule is CC(=O)Nc1ccc(C)cc1NC(=O)CCN.Cl. The highest BCUT2D eigenvalue weighted by atomic mass is 35.5. The van der Waals surface area contributed by atoms with Crippen LogP contribution in [0.4, 0.5) is 11.4 Å². The summed E-state index contributed by atoms with van der Waals surface area (Å²) in [4.78, 5) is 22.5. The Bertz CT molecular complexity index is 435. The van der Waals surface area contributed by atoms with E-state index in [9.17, 15) is 9.59 Å². The third kappa shape index (κ3) is 5.16. The number of halogens is 1. The molecule has 0 radical (unpaired) electrons. The van der Waals surface area contributed by atoms with E-state index in [1.807, 2.05) is 13.0 Å². The topological polar surface area (TPSA) is 84.2 Å². The van der Waals surface area contributed by atoms with Crippen LogP contribution in [-0.2, 0) is 9.59 Å². The Morgan fingerprint density at radius 2 is 1.89 bits per heavy atom. The number of hydrogen-bond donors (Lipinski definition) is 3. The van der Waals surface area contributed by atoms with Crippen LogP contribution in [0.3, 0.4) is 0 Å². The van der Waals surface area contributed by atoms with Gasteiger partial charge in [0.05, 0.1) is 11.4 Å². The summed E-state index contributed by atoms with van der Waals surface area (Å²) in [5, 5.41) is 5.39. The van der Waals surface area contributed by atoms with E-state index in [0.29, 0.717) is 17.9 Å². The summed E-state index contributed by atoms with van der Waals surface area (Å²) in [6, 6.07) is 5.43. The molecule has 1 aromatic carbocycles. The van der Waals surface area contributed by atoms with Gasteiger partial charge in [-0.2, -0.15) is 0 Å². The molecule has 0 saturated heterocycles. The maximum Gasteiger partial charge on any atom is 0.225 e. The van der Waals surface area contributed by atoms with Crippen molar-refractivity contribution >= 4 is 35.6 Å². The van der Waals surface area contributed by atoms with Crippen molar-refractivity contribution in [1.82, 2.24) is 0 Å².